The number of nitriles is 1. The van der Waals surface area contributed by atoms with Crippen molar-refractivity contribution in [3.8, 4) is 6.07 Å². The maximum Gasteiger partial charge on any atom is 0.146 e. The van der Waals surface area contributed by atoms with Crippen molar-refractivity contribution in [1.82, 2.24) is 14.4 Å². The molecule has 0 amide bonds. The van der Waals surface area contributed by atoms with Gasteiger partial charge < -0.3 is 14.2 Å². The summed E-state index contributed by atoms with van der Waals surface area (Å²) in [5.41, 5.74) is 3.96. The van der Waals surface area contributed by atoms with Crippen molar-refractivity contribution in [3.63, 3.8) is 0 Å². The van der Waals surface area contributed by atoms with Crippen LogP contribution in [0.4, 0.5) is 11.5 Å². The van der Waals surface area contributed by atoms with Crippen LogP contribution in [0.5, 0.6) is 0 Å². The van der Waals surface area contributed by atoms with Gasteiger partial charge in [-0.25, -0.2) is 9.97 Å². The van der Waals surface area contributed by atoms with Crippen LogP contribution in [0.15, 0.2) is 42.9 Å². The van der Waals surface area contributed by atoms with Gasteiger partial charge in [-0.15, -0.1) is 0 Å². The van der Waals surface area contributed by atoms with Crippen LogP contribution in [-0.4, -0.2) is 40.5 Å². The van der Waals surface area contributed by atoms with Crippen molar-refractivity contribution in [2.75, 3.05) is 36.0 Å². The zero-order valence-electron chi connectivity index (χ0n) is 16.1. The van der Waals surface area contributed by atoms with Gasteiger partial charge in [-0.2, -0.15) is 5.26 Å². The van der Waals surface area contributed by atoms with Crippen molar-refractivity contribution < 1.29 is 0 Å². The van der Waals surface area contributed by atoms with Gasteiger partial charge in [0.15, 0.2) is 0 Å². The van der Waals surface area contributed by atoms with Crippen molar-refractivity contribution in [3.05, 3.63) is 54.1 Å². The van der Waals surface area contributed by atoms with Gasteiger partial charge in [0.2, 0.25) is 0 Å². The van der Waals surface area contributed by atoms with Gasteiger partial charge >= 0.3 is 0 Å². The molecule has 1 saturated heterocycles. The van der Waals surface area contributed by atoms with Gasteiger partial charge in [-0.05, 0) is 24.3 Å². The first-order valence-corrected chi connectivity index (χ1v) is 9.30. The number of pyridine rings is 2. The van der Waals surface area contributed by atoms with Crippen molar-refractivity contribution in [2.45, 2.75) is 26.2 Å². The van der Waals surface area contributed by atoms with Crippen LogP contribution in [0.25, 0.3) is 5.65 Å². The van der Waals surface area contributed by atoms with Gasteiger partial charge in [0, 0.05) is 50.2 Å². The number of anilines is 2. The Morgan fingerprint density at radius 3 is 2.44 bits per heavy atom. The SMILES string of the molecule is CC(C)(C)c1cn2cc(N3CCN(c4ncccc4C#N)CC3)ccc2n1. The predicted octanol–water partition coefficient (Wildman–Crippen LogP) is 3.23. The maximum absolute atomic E-state index is 9.30. The zero-order chi connectivity index (χ0) is 19.0. The minimum absolute atomic E-state index is 0.0406. The fourth-order valence-electron chi connectivity index (χ4n) is 3.44. The Kier molecular flexibility index (Phi) is 4.23. The Balaban J connectivity index is 1.52. The highest BCUT2D eigenvalue weighted by Gasteiger charge is 2.21. The summed E-state index contributed by atoms with van der Waals surface area (Å²) in [5.74, 6) is 0.791. The number of nitrogens with zero attached hydrogens (tertiary/aromatic N) is 6. The third kappa shape index (κ3) is 3.33. The lowest BCUT2D eigenvalue weighted by Crippen LogP contribution is -2.47. The molecule has 1 aliphatic heterocycles. The molecule has 4 heterocycles. The summed E-state index contributed by atoms with van der Waals surface area (Å²) in [6.45, 7) is 10.0. The molecule has 0 saturated carbocycles. The summed E-state index contributed by atoms with van der Waals surface area (Å²) in [6, 6.07) is 10.1. The van der Waals surface area contributed by atoms with Crippen LogP contribution >= 0.6 is 0 Å². The molecule has 0 unspecified atom stereocenters. The molecule has 0 bridgehead atoms. The first-order chi connectivity index (χ1) is 13.0. The third-order valence-electron chi connectivity index (χ3n) is 5.06. The summed E-state index contributed by atoms with van der Waals surface area (Å²) >= 11 is 0. The Labute approximate surface area is 159 Å². The van der Waals surface area contributed by atoms with Crippen molar-refractivity contribution in [2.24, 2.45) is 0 Å². The van der Waals surface area contributed by atoms with Crippen molar-refractivity contribution in [1.29, 1.82) is 5.26 Å². The quantitative estimate of drug-likeness (QED) is 0.702. The van der Waals surface area contributed by atoms with Crippen LogP contribution in [-0.2, 0) is 5.41 Å². The van der Waals surface area contributed by atoms with E-state index in [-0.39, 0.29) is 5.41 Å². The second-order valence-electron chi connectivity index (χ2n) is 7.99. The number of hydrogen-bond donors (Lipinski definition) is 0. The van der Waals surface area contributed by atoms with E-state index < -0.39 is 0 Å². The highest BCUT2D eigenvalue weighted by Crippen LogP contribution is 2.25. The number of rotatable bonds is 2. The van der Waals surface area contributed by atoms with Crippen LogP contribution in [0.1, 0.15) is 32.0 Å². The molecular formula is C21H24N6. The molecule has 138 valence electrons. The standard InChI is InChI=1S/C21H24N6/c1-21(2,3)18-15-27-14-17(6-7-19(27)24-18)25-9-11-26(12-10-25)20-16(13-22)5-4-8-23-20/h4-8,14-15H,9-12H2,1-3H3. The lowest BCUT2D eigenvalue weighted by molar-refractivity contribution is 0.573. The van der Waals surface area contributed by atoms with Crippen LogP contribution in [0.3, 0.4) is 0 Å². The van der Waals surface area contributed by atoms with E-state index in [9.17, 15) is 5.26 Å². The van der Waals surface area contributed by atoms with E-state index in [1.807, 2.05) is 12.1 Å². The summed E-state index contributed by atoms with van der Waals surface area (Å²) < 4.78 is 2.12. The second kappa shape index (κ2) is 6.58. The first-order valence-electron chi connectivity index (χ1n) is 9.30. The molecule has 1 aliphatic rings. The van der Waals surface area contributed by atoms with Gasteiger partial charge in [-0.3, -0.25) is 0 Å². The van der Waals surface area contributed by atoms with E-state index in [0.29, 0.717) is 5.56 Å². The number of hydrogen-bond acceptors (Lipinski definition) is 5. The second-order valence-corrected chi connectivity index (χ2v) is 7.99. The Bertz CT molecular complexity index is 999. The number of aromatic nitrogens is 3. The van der Waals surface area contributed by atoms with E-state index >= 15 is 0 Å². The van der Waals surface area contributed by atoms with Crippen LogP contribution in [0, 0.1) is 11.3 Å². The Morgan fingerprint density at radius 2 is 1.74 bits per heavy atom. The van der Waals surface area contributed by atoms with E-state index in [2.05, 4.69) is 70.6 Å². The van der Waals surface area contributed by atoms with E-state index in [1.165, 1.54) is 5.69 Å². The largest absolute Gasteiger partial charge is 0.367 e. The summed E-state index contributed by atoms with van der Waals surface area (Å²) in [6.07, 6.45) is 6.04. The minimum atomic E-state index is 0.0406. The zero-order valence-corrected chi connectivity index (χ0v) is 16.1. The minimum Gasteiger partial charge on any atom is -0.367 e. The average Bonchev–Trinajstić information content (AvgIpc) is 3.12. The lowest BCUT2D eigenvalue weighted by Gasteiger charge is -2.36. The van der Waals surface area contributed by atoms with Gasteiger partial charge in [0.1, 0.15) is 17.5 Å². The molecule has 0 spiro atoms. The first kappa shape index (κ1) is 17.3. The number of piperazine rings is 1. The molecule has 0 aliphatic carbocycles. The molecule has 27 heavy (non-hydrogen) atoms. The number of imidazole rings is 1. The topological polar surface area (TPSA) is 60.5 Å². The highest BCUT2D eigenvalue weighted by atomic mass is 15.3. The maximum atomic E-state index is 9.30. The summed E-state index contributed by atoms with van der Waals surface area (Å²) in [4.78, 5) is 13.7. The molecule has 1 fully saturated rings. The van der Waals surface area contributed by atoms with Gasteiger partial charge in [0.05, 0.1) is 16.9 Å². The molecule has 0 N–H and O–H groups in total. The predicted molar refractivity (Wildman–Crippen MR) is 107 cm³/mol. The molecule has 0 radical (unpaired) electrons. The fourth-order valence-corrected chi connectivity index (χ4v) is 3.44. The van der Waals surface area contributed by atoms with Gasteiger partial charge in [-0.1, -0.05) is 20.8 Å². The smallest absolute Gasteiger partial charge is 0.146 e. The Hall–Kier alpha value is -3.07. The summed E-state index contributed by atoms with van der Waals surface area (Å²) in [5, 5.41) is 9.30. The Morgan fingerprint density at radius 1 is 1.00 bits per heavy atom. The molecule has 4 rings (SSSR count). The third-order valence-corrected chi connectivity index (χ3v) is 5.06. The fraction of sp³-hybridized carbons (Fsp3) is 0.381. The van der Waals surface area contributed by atoms with Gasteiger partial charge in [0.25, 0.3) is 0 Å². The van der Waals surface area contributed by atoms with E-state index in [1.54, 1.807) is 6.20 Å². The number of fused-ring (bicyclic) bond motifs is 1. The highest BCUT2D eigenvalue weighted by molar-refractivity contribution is 5.57. The molecule has 0 atom stereocenters. The normalized spacial score (nSPS) is 15.2. The summed E-state index contributed by atoms with van der Waals surface area (Å²) in [7, 11) is 0. The molecule has 3 aromatic rings. The molecule has 6 heteroatoms. The van der Waals surface area contributed by atoms with E-state index in [0.717, 1.165) is 43.3 Å². The van der Waals surface area contributed by atoms with Crippen LogP contribution in [0.2, 0.25) is 0 Å². The molecule has 3 aromatic heterocycles. The average molecular weight is 360 g/mol. The lowest BCUT2D eigenvalue weighted by atomic mass is 9.93. The van der Waals surface area contributed by atoms with Crippen molar-refractivity contribution >= 4 is 17.2 Å². The van der Waals surface area contributed by atoms with Crippen LogP contribution < -0.4 is 9.80 Å². The molecular weight excluding hydrogens is 336 g/mol. The molecule has 6 nitrogen and oxygen atoms in total. The monoisotopic (exact) mass is 360 g/mol. The molecule has 0 aromatic carbocycles. The van der Waals surface area contributed by atoms with E-state index in [4.69, 9.17) is 4.98 Å².